The average Bonchev–Trinajstić information content (AvgIpc) is 2.86. The Labute approximate surface area is 222 Å². The fourth-order valence-electron chi connectivity index (χ4n) is 2.70. The van der Waals surface area contributed by atoms with Gasteiger partial charge in [0, 0.05) is 66.1 Å². The minimum atomic E-state index is -1.89. The number of hydrogen-bond donors (Lipinski definition) is 7. The van der Waals surface area contributed by atoms with Crippen LogP contribution in [0.1, 0.15) is 13.8 Å². The highest BCUT2D eigenvalue weighted by atomic mass is 32.2. The van der Waals surface area contributed by atoms with Gasteiger partial charge in [-0.2, -0.15) is 0 Å². The van der Waals surface area contributed by atoms with E-state index in [1.165, 1.54) is 12.1 Å². The smallest absolute Gasteiger partial charge is 0.186 e. The van der Waals surface area contributed by atoms with Gasteiger partial charge >= 0.3 is 0 Å². The summed E-state index contributed by atoms with van der Waals surface area (Å²) in [4.78, 5) is 1.86. The second-order valence-electron chi connectivity index (χ2n) is 7.04. The monoisotopic (exact) mass is 547 g/mol. The summed E-state index contributed by atoms with van der Waals surface area (Å²) in [5, 5.41) is 1.77. The molecule has 11 heteroatoms. The molecule has 0 heterocycles. The maximum Gasteiger partial charge on any atom is 0.186 e. The van der Waals surface area contributed by atoms with Gasteiger partial charge in [0.05, 0.1) is 4.90 Å². The Morgan fingerprint density at radius 2 is 1.11 bits per heavy atom. The van der Waals surface area contributed by atoms with E-state index in [9.17, 15) is 8.42 Å². The first-order chi connectivity index (χ1) is 17.0. The summed E-state index contributed by atoms with van der Waals surface area (Å²) in [5.41, 5.74) is 31.2. The second kappa shape index (κ2) is 15.0. The molecule has 2 unspecified atom stereocenters. The van der Waals surface area contributed by atoms with Crippen molar-refractivity contribution in [1.29, 1.82) is 0 Å². The average molecular weight is 548 g/mol. The molecular formula is C25H33N5O3S3. The van der Waals surface area contributed by atoms with Crippen molar-refractivity contribution in [3.63, 3.8) is 0 Å². The molecule has 8 nitrogen and oxygen atoms in total. The van der Waals surface area contributed by atoms with Gasteiger partial charge in [-0.05, 0) is 66.7 Å². The normalized spacial score (nSPS) is 11.5. The Kier molecular flexibility index (Phi) is 12.8. The molecule has 0 aliphatic heterocycles. The third kappa shape index (κ3) is 9.42. The SMILES string of the molecule is CC.CS(=O)c1ccc2c(N)ccc(N)c2c1.Nc1ccc(N)c(S)c1.Nc1ccc(S(=O)O)cc1. The van der Waals surface area contributed by atoms with Crippen molar-refractivity contribution in [2.75, 3.05) is 34.9 Å². The van der Waals surface area contributed by atoms with Crippen LogP contribution in [0.4, 0.5) is 28.4 Å². The topological polar surface area (TPSA) is 184 Å². The minimum absolute atomic E-state index is 0.370. The summed E-state index contributed by atoms with van der Waals surface area (Å²) < 4.78 is 30.3. The van der Waals surface area contributed by atoms with Crippen LogP contribution in [-0.2, 0) is 21.9 Å². The van der Waals surface area contributed by atoms with Crippen molar-refractivity contribution in [3.05, 3.63) is 72.8 Å². The number of nitrogen functional groups attached to an aromatic ring is 5. The molecule has 0 spiro atoms. The van der Waals surface area contributed by atoms with Gasteiger partial charge in [0.15, 0.2) is 11.1 Å². The Hall–Kier alpha value is -3.25. The van der Waals surface area contributed by atoms with E-state index >= 15 is 0 Å². The van der Waals surface area contributed by atoms with Crippen molar-refractivity contribution in [1.82, 2.24) is 0 Å². The van der Waals surface area contributed by atoms with Gasteiger partial charge in [0.25, 0.3) is 0 Å². The number of fused-ring (bicyclic) bond motifs is 1. The molecule has 4 rings (SSSR count). The van der Waals surface area contributed by atoms with Crippen LogP contribution in [0.2, 0.25) is 0 Å². The lowest BCUT2D eigenvalue weighted by Crippen LogP contribution is -1.94. The number of benzene rings is 4. The molecule has 0 amide bonds. The summed E-state index contributed by atoms with van der Waals surface area (Å²) in [7, 11) is -0.996. The molecule has 0 aliphatic carbocycles. The quantitative estimate of drug-likeness (QED) is 0.106. The summed E-state index contributed by atoms with van der Waals surface area (Å²) >= 11 is 2.17. The van der Waals surface area contributed by atoms with E-state index in [2.05, 4.69) is 12.6 Å². The first-order valence-corrected chi connectivity index (χ1v) is 13.8. The summed E-state index contributed by atoms with van der Waals surface area (Å²) in [6.45, 7) is 4.00. The van der Waals surface area contributed by atoms with Crippen molar-refractivity contribution < 1.29 is 13.0 Å². The molecule has 0 saturated heterocycles. The van der Waals surface area contributed by atoms with Crippen LogP contribution in [0, 0.1) is 0 Å². The Morgan fingerprint density at radius 1 is 0.639 bits per heavy atom. The van der Waals surface area contributed by atoms with Crippen LogP contribution >= 0.6 is 12.6 Å². The van der Waals surface area contributed by atoms with Gasteiger partial charge in [-0.1, -0.05) is 19.9 Å². The number of thiol groups is 1. The van der Waals surface area contributed by atoms with E-state index in [0.717, 1.165) is 20.6 Å². The Morgan fingerprint density at radius 3 is 1.58 bits per heavy atom. The van der Waals surface area contributed by atoms with Crippen LogP contribution in [0.15, 0.2) is 87.5 Å². The standard InChI is InChI=1S/C11H12N2OS.C6H8N2S.C6H7NO2S.C2H6/c1-15(14)7-2-3-8-9(6-7)11(13)5-4-10(8)12;7-4-1-2-5(8)6(9)3-4;7-5-1-3-6(4-2-5)10(8)9;1-2/h2-6H,12-13H2,1H3;1-3,9H,7-8H2;1-4H,7H2,(H,8,9);1-2H3. The molecule has 11 N–H and O–H groups in total. The Balaban J connectivity index is 0.000000272. The maximum atomic E-state index is 11.3. The zero-order valence-electron chi connectivity index (χ0n) is 20.3. The molecule has 4 aromatic rings. The lowest BCUT2D eigenvalue weighted by Gasteiger charge is -2.06. The van der Waals surface area contributed by atoms with Crippen molar-refractivity contribution in [2.45, 2.75) is 28.5 Å². The first-order valence-electron chi connectivity index (χ1n) is 10.7. The first kappa shape index (κ1) is 30.8. The van der Waals surface area contributed by atoms with Crippen molar-refractivity contribution in [2.24, 2.45) is 0 Å². The highest BCUT2D eigenvalue weighted by Crippen LogP contribution is 2.28. The number of hydrogen-bond acceptors (Lipinski definition) is 8. The van der Waals surface area contributed by atoms with Crippen LogP contribution in [-0.4, -0.2) is 19.2 Å². The van der Waals surface area contributed by atoms with Gasteiger partial charge < -0.3 is 33.2 Å². The zero-order chi connectivity index (χ0) is 27.4. The lowest BCUT2D eigenvalue weighted by atomic mass is 10.1. The third-order valence-electron chi connectivity index (χ3n) is 4.52. The highest BCUT2D eigenvalue weighted by Gasteiger charge is 2.04. The van der Waals surface area contributed by atoms with E-state index in [1.807, 2.05) is 32.0 Å². The van der Waals surface area contributed by atoms with E-state index < -0.39 is 21.9 Å². The van der Waals surface area contributed by atoms with Crippen LogP contribution in [0.5, 0.6) is 0 Å². The molecule has 36 heavy (non-hydrogen) atoms. The molecule has 0 radical (unpaired) electrons. The molecule has 0 fully saturated rings. The third-order valence-corrected chi connectivity index (χ3v) is 6.50. The van der Waals surface area contributed by atoms with E-state index in [0.29, 0.717) is 33.3 Å². The van der Waals surface area contributed by atoms with Crippen LogP contribution in [0.25, 0.3) is 10.8 Å². The summed E-state index contributed by atoms with van der Waals surface area (Å²) in [6.07, 6.45) is 1.64. The van der Waals surface area contributed by atoms with Crippen molar-refractivity contribution >= 4 is 73.7 Å². The van der Waals surface area contributed by atoms with Crippen molar-refractivity contribution in [3.8, 4) is 0 Å². The molecule has 0 aliphatic rings. The maximum absolute atomic E-state index is 11.3. The van der Waals surface area contributed by atoms with E-state index in [1.54, 1.807) is 48.7 Å². The van der Waals surface area contributed by atoms with Gasteiger partial charge in [-0.3, -0.25) is 4.21 Å². The van der Waals surface area contributed by atoms with Crippen LogP contribution < -0.4 is 28.7 Å². The molecule has 2 atom stereocenters. The fraction of sp³-hybridized carbons (Fsp3) is 0.120. The molecule has 4 aromatic carbocycles. The van der Waals surface area contributed by atoms with Gasteiger partial charge in [0.2, 0.25) is 0 Å². The number of nitrogens with two attached hydrogens (primary N) is 5. The lowest BCUT2D eigenvalue weighted by molar-refractivity contribution is 0.564. The predicted octanol–water partition coefficient (Wildman–Crippen LogP) is 4.76. The number of anilines is 5. The molecule has 194 valence electrons. The molecule has 0 saturated carbocycles. The Bertz CT molecular complexity index is 1330. The largest absolute Gasteiger partial charge is 0.399 e. The second-order valence-corrected chi connectivity index (χ2v) is 9.87. The number of rotatable bonds is 2. The van der Waals surface area contributed by atoms with E-state index in [-0.39, 0.29) is 0 Å². The molecule has 0 aromatic heterocycles. The van der Waals surface area contributed by atoms with Gasteiger partial charge in [0.1, 0.15) is 0 Å². The van der Waals surface area contributed by atoms with Gasteiger partial charge in [-0.25, -0.2) is 4.21 Å². The summed E-state index contributed by atoms with van der Waals surface area (Å²) in [6, 6.07) is 20.5. The van der Waals surface area contributed by atoms with Gasteiger partial charge in [-0.15, -0.1) is 12.6 Å². The minimum Gasteiger partial charge on any atom is -0.399 e. The van der Waals surface area contributed by atoms with Crippen LogP contribution in [0.3, 0.4) is 0 Å². The fourth-order valence-corrected chi connectivity index (χ4v) is 3.83. The zero-order valence-corrected chi connectivity index (χ0v) is 22.9. The molecular weight excluding hydrogens is 515 g/mol. The predicted molar refractivity (Wildman–Crippen MR) is 159 cm³/mol. The highest BCUT2D eigenvalue weighted by molar-refractivity contribution is 7.84. The molecule has 0 bridgehead atoms. The van der Waals surface area contributed by atoms with E-state index in [4.69, 9.17) is 33.2 Å². The summed E-state index contributed by atoms with van der Waals surface area (Å²) in [5.74, 6) is 0.